The fourth-order valence-corrected chi connectivity index (χ4v) is 2.95. The number of hydrogen-bond acceptors (Lipinski definition) is 5. The zero-order chi connectivity index (χ0) is 18.2. The minimum atomic E-state index is -4.76. The Labute approximate surface area is 144 Å². The van der Waals surface area contributed by atoms with Gasteiger partial charge in [0.2, 0.25) is 0 Å². The molecule has 0 aliphatic heterocycles. The molecule has 132 valence electrons. The van der Waals surface area contributed by atoms with Gasteiger partial charge in [0.1, 0.15) is 5.75 Å². The summed E-state index contributed by atoms with van der Waals surface area (Å²) in [6.45, 7) is 3.92. The van der Waals surface area contributed by atoms with Crippen molar-refractivity contribution in [3.8, 4) is 5.75 Å². The molecule has 0 saturated carbocycles. The average molecular weight is 370 g/mol. The molecule has 0 aliphatic carbocycles. The molecule has 0 fully saturated rings. The first-order chi connectivity index (χ1) is 11.7. The van der Waals surface area contributed by atoms with E-state index in [0.29, 0.717) is 10.2 Å². The first-order valence-corrected chi connectivity index (χ1v) is 8.06. The lowest BCUT2D eigenvalue weighted by Gasteiger charge is -2.07. The van der Waals surface area contributed by atoms with Gasteiger partial charge in [-0.25, -0.2) is 4.98 Å². The van der Waals surface area contributed by atoms with E-state index in [0.717, 1.165) is 17.0 Å². The Kier molecular flexibility index (Phi) is 4.38. The monoisotopic (exact) mass is 370 g/mol. The molecule has 0 atom stereocenters. The number of nitrogens with zero attached hydrogens (tertiary/aromatic N) is 2. The Hall–Kier alpha value is -2.62. The first kappa shape index (κ1) is 17.2. The number of aromatic nitrogens is 3. The third kappa shape index (κ3) is 4.08. The second-order valence-corrected chi connectivity index (χ2v) is 6.54. The van der Waals surface area contributed by atoms with Crippen LogP contribution in [-0.4, -0.2) is 27.5 Å². The normalized spacial score (nSPS) is 11.9. The number of carbonyl (C=O) groups is 1. The van der Waals surface area contributed by atoms with Gasteiger partial charge in [0.25, 0.3) is 5.91 Å². The van der Waals surface area contributed by atoms with E-state index < -0.39 is 12.3 Å². The zero-order valence-electron chi connectivity index (χ0n) is 13.1. The van der Waals surface area contributed by atoms with Gasteiger partial charge in [0, 0.05) is 11.8 Å². The van der Waals surface area contributed by atoms with Gasteiger partial charge < -0.3 is 4.74 Å². The van der Waals surface area contributed by atoms with Crippen molar-refractivity contribution in [3.63, 3.8) is 0 Å². The molecule has 0 saturated heterocycles. The Morgan fingerprint density at radius 1 is 1.32 bits per heavy atom. The van der Waals surface area contributed by atoms with Crippen molar-refractivity contribution in [1.82, 2.24) is 15.2 Å². The SMILES string of the molecule is CC(C)c1cc(C(=O)Nc2nc3ccc(OC(F)(F)F)cc3s2)n[nH]1. The predicted molar refractivity (Wildman–Crippen MR) is 86.9 cm³/mol. The minimum absolute atomic E-state index is 0.198. The summed E-state index contributed by atoms with van der Waals surface area (Å²) in [5.74, 6) is -0.590. The molecule has 0 bridgehead atoms. The van der Waals surface area contributed by atoms with Crippen molar-refractivity contribution in [1.29, 1.82) is 0 Å². The van der Waals surface area contributed by atoms with Gasteiger partial charge in [0.05, 0.1) is 10.2 Å². The zero-order valence-corrected chi connectivity index (χ0v) is 14.0. The van der Waals surface area contributed by atoms with Crippen molar-refractivity contribution < 1.29 is 22.7 Å². The largest absolute Gasteiger partial charge is 0.573 e. The van der Waals surface area contributed by atoms with Crippen LogP contribution in [0.5, 0.6) is 5.75 Å². The Morgan fingerprint density at radius 2 is 2.08 bits per heavy atom. The third-order valence-corrected chi connectivity index (χ3v) is 4.20. The van der Waals surface area contributed by atoms with Crippen molar-refractivity contribution in [2.45, 2.75) is 26.1 Å². The van der Waals surface area contributed by atoms with E-state index in [-0.39, 0.29) is 22.5 Å². The number of ether oxygens (including phenoxy) is 1. The lowest BCUT2D eigenvalue weighted by molar-refractivity contribution is -0.274. The molecule has 10 heteroatoms. The van der Waals surface area contributed by atoms with Crippen LogP contribution < -0.4 is 10.1 Å². The number of hydrogen-bond donors (Lipinski definition) is 2. The number of fused-ring (bicyclic) bond motifs is 1. The van der Waals surface area contributed by atoms with E-state index in [1.54, 1.807) is 6.07 Å². The molecule has 25 heavy (non-hydrogen) atoms. The van der Waals surface area contributed by atoms with Crippen molar-refractivity contribution in [3.05, 3.63) is 35.7 Å². The summed E-state index contributed by atoms with van der Waals surface area (Å²) in [6.07, 6.45) is -4.76. The maximum Gasteiger partial charge on any atom is 0.573 e. The smallest absolute Gasteiger partial charge is 0.406 e. The fraction of sp³-hybridized carbons (Fsp3) is 0.267. The molecule has 0 aliphatic rings. The van der Waals surface area contributed by atoms with E-state index in [1.165, 1.54) is 18.2 Å². The summed E-state index contributed by atoms with van der Waals surface area (Å²) in [6, 6.07) is 5.43. The van der Waals surface area contributed by atoms with Crippen LogP contribution in [0.4, 0.5) is 18.3 Å². The molecule has 2 heterocycles. The first-order valence-electron chi connectivity index (χ1n) is 7.24. The highest BCUT2D eigenvalue weighted by Crippen LogP contribution is 2.31. The average Bonchev–Trinajstić information content (AvgIpc) is 3.11. The van der Waals surface area contributed by atoms with Crippen molar-refractivity contribution in [2.75, 3.05) is 5.32 Å². The number of alkyl halides is 3. The van der Waals surface area contributed by atoms with Gasteiger partial charge in [-0.2, -0.15) is 5.10 Å². The quantitative estimate of drug-likeness (QED) is 0.718. The lowest BCUT2D eigenvalue weighted by atomic mass is 10.1. The Bertz CT molecular complexity index is 917. The van der Waals surface area contributed by atoms with E-state index >= 15 is 0 Å². The second kappa shape index (κ2) is 6.36. The lowest BCUT2D eigenvalue weighted by Crippen LogP contribution is -2.16. The molecule has 2 aromatic heterocycles. The number of thiazole rings is 1. The van der Waals surface area contributed by atoms with Crippen LogP contribution in [0, 0.1) is 0 Å². The number of aromatic amines is 1. The number of carbonyl (C=O) groups excluding carboxylic acids is 1. The molecular formula is C15H13F3N4O2S. The van der Waals surface area contributed by atoms with Gasteiger partial charge in [0.15, 0.2) is 10.8 Å². The van der Waals surface area contributed by atoms with Crippen LogP contribution in [0.15, 0.2) is 24.3 Å². The highest BCUT2D eigenvalue weighted by molar-refractivity contribution is 7.22. The molecule has 1 amide bonds. The van der Waals surface area contributed by atoms with Crippen LogP contribution >= 0.6 is 11.3 Å². The number of nitrogens with one attached hydrogen (secondary N) is 2. The highest BCUT2D eigenvalue weighted by Gasteiger charge is 2.31. The summed E-state index contributed by atoms with van der Waals surface area (Å²) in [5.41, 5.74) is 1.49. The summed E-state index contributed by atoms with van der Waals surface area (Å²) in [5, 5.41) is 9.57. The third-order valence-electron chi connectivity index (χ3n) is 3.27. The van der Waals surface area contributed by atoms with E-state index in [4.69, 9.17) is 0 Å². The standard InChI is InChI=1S/C15H13F3N4O2S/c1-7(2)10-6-11(22-21-10)13(23)20-14-19-9-4-3-8(5-12(9)25-14)24-15(16,17)18/h3-7H,1-2H3,(H,21,22)(H,19,20,23). The molecule has 6 nitrogen and oxygen atoms in total. The number of anilines is 1. The number of benzene rings is 1. The summed E-state index contributed by atoms with van der Waals surface area (Å²) in [7, 11) is 0. The number of H-pyrrole nitrogens is 1. The Balaban J connectivity index is 1.78. The van der Waals surface area contributed by atoms with Crippen LogP contribution in [0.25, 0.3) is 10.2 Å². The molecule has 2 N–H and O–H groups in total. The van der Waals surface area contributed by atoms with Crippen LogP contribution in [0.2, 0.25) is 0 Å². The molecule has 3 aromatic rings. The van der Waals surface area contributed by atoms with E-state index in [2.05, 4.69) is 25.2 Å². The fourth-order valence-electron chi connectivity index (χ4n) is 2.07. The van der Waals surface area contributed by atoms with Gasteiger partial charge in [-0.3, -0.25) is 15.2 Å². The summed E-state index contributed by atoms with van der Waals surface area (Å²) in [4.78, 5) is 16.4. The molecule has 0 spiro atoms. The van der Waals surface area contributed by atoms with Gasteiger partial charge in [-0.1, -0.05) is 25.2 Å². The van der Waals surface area contributed by atoms with E-state index in [1.807, 2.05) is 13.8 Å². The number of rotatable bonds is 4. The van der Waals surface area contributed by atoms with E-state index in [9.17, 15) is 18.0 Å². The molecule has 0 radical (unpaired) electrons. The second-order valence-electron chi connectivity index (χ2n) is 5.51. The maximum atomic E-state index is 12.3. The van der Waals surface area contributed by atoms with Gasteiger partial charge in [-0.15, -0.1) is 13.2 Å². The van der Waals surface area contributed by atoms with Crippen LogP contribution in [0.3, 0.4) is 0 Å². The van der Waals surface area contributed by atoms with Crippen molar-refractivity contribution >= 4 is 32.6 Å². The van der Waals surface area contributed by atoms with Crippen LogP contribution in [0.1, 0.15) is 35.9 Å². The number of halogens is 3. The van der Waals surface area contributed by atoms with Gasteiger partial charge in [-0.05, 0) is 24.1 Å². The molecule has 3 rings (SSSR count). The minimum Gasteiger partial charge on any atom is -0.406 e. The summed E-state index contributed by atoms with van der Waals surface area (Å²) < 4.78 is 41.1. The number of amides is 1. The van der Waals surface area contributed by atoms with Gasteiger partial charge >= 0.3 is 6.36 Å². The Morgan fingerprint density at radius 3 is 2.72 bits per heavy atom. The predicted octanol–water partition coefficient (Wildman–Crippen LogP) is 4.29. The maximum absolute atomic E-state index is 12.3. The highest BCUT2D eigenvalue weighted by atomic mass is 32.1. The molecule has 0 unspecified atom stereocenters. The van der Waals surface area contributed by atoms with Crippen LogP contribution in [-0.2, 0) is 0 Å². The topological polar surface area (TPSA) is 79.9 Å². The molecular weight excluding hydrogens is 357 g/mol. The summed E-state index contributed by atoms with van der Waals surface area (Å²) >= 11 is 1.05. The molecule has 1 aromatic carbocycles. The van der Waals surface area contributed by atoms with Crippen molar-refractivity contribution in [2.24, 2.45) is 0 Å².